The van der Waals surface area contributed by atoms with Crippen LogP contribution in [0.3, 0.4) is 0 Å². The van der Waals surface area contributed by atoms with Crippen molar-refractivity contribution in [1.29, 1.82) is 0 Å². The van der Waals surface area contributed by atoms with Gasteiger partial charge < -0.3 is 29.7 Å². The first-order valence-electron chi connectivity index (χ1n) is 18.5. The number of hydrogen-bond acceptors (Lipinski definition) is 7. The summed E-state index contributed by atoms with van der Waals surface area (Å²) in [7, 11) is 1.63. The Bertz CT molecular complexity index is 1860. The van der Waals surface area contributed by atoms with E-state index >= 15 is 0 Å². The van der Waals surface area contributed by atoms with Gasteiger partial charge in [0.15, 0.2) is 11.5 Å². The molecule has 3 N–H and O–H groups in total. The summed E-state index contributed by atoms with van der Waals surface area (Å²) < 4.78 is 18.2. The number of unbranched alkanes of at least 4 members (excludes halogenated alkanes) is 1. The molecule has 268 valence electrons. The molecule has 0 radical (unpaired) electrons. The number of benzene rings is 4. The van der Waals surface area contributed by atoms with Gasteiger partial charge >= 0.3 is 0 Å². The van der Waals surface area contributed by atoms with Crippen LogP contribution in [0, 0.1) is 17.9 Å². The summed E-state index contributed by atoms with van der Waals surface area (Å²) in [6.45, 7) is 2.69. The smallest absolute Gasteiger partial charge is 0.161 e. The molecule has 0 aromatic heterocycles. The lowest BCUT2D eigenvalue weighted by molar-refractivity contribution is -0.125. The van der Waals surface area contributed by atoms with Gasteiger partial charge in [-0.25, -0.2) is 0 Å². The number of methoxy groups -OCH3 is 1. The van der Waals surface area contributed by atoms with Crippen molar-refractivity contribution in [1.82, 2.24) is 0 Å². The van der Waals surface area contributed by atoms with Crippen LogP contribution in [0.4, 0.5) is 5.69 Å². The van der Waals surface area contributed by atoms with Crippen LogP contribution < -0.4 is 14.8 Å². The molecule has 7 heteroatoms. The molecule has 0 amide bonds. The van der Waals surface area contributed by atoms with E-state index in [4.69, 9.17) is 14.2 Å². The molecule has 2 heterocycles. The molecular weight excluding hydrogens is 638 g/mol. The number of carbonyl (C=O) groups is 1. The number of anilines is 1. The number of phenols is 1. The van der Waals surface area contributed by atoms with E-state index in [0.717, 1.165) is 78.1 Å². The van der Waals surface area contributed by atoms with Crippen LogP contribution in [0.15, 0.2) is 72.8 Å². The average Bonchev–Trinajstić information content (AvgIpc) is 3.14. The second-order valence-electron chi connectivity index (χ2n) is 14.5. The lowest BCUT2D eigenvalue weighted by Crippen LogP contribution is -2.38. The highest BCUT2D eigenvalue weighted by Crippen LogP contribution is 2.40. The first-order chi connectivity index (χ1) is 24.8. The number of aliphatic hydroxyl groups is 1. The minimum absolute atomic E-state index is 0.177. The Labute approximate surface area is 302 Å². The molecule has 6 bridgehead atoms. The van der Waals surface area contributed by atoms with E-state index in [1.165, 1.54) is 12.0 Å². The van der Waals surface area contributed by atoms with Crippen LogP contribution in [0.1, 0.15) is 87.0 Å². The molecule has 1 aliphatic carbocycles. The monoisotopic (exact) mass is 689 g/mol. The van der Waals surface area contributed by atoms with E-state index in [1.54, 1.807) is 20.1 Å². The number of carbonyl (C=O) groups excluding carboxylic acids is 1. The number of Topliss-reactive ketones (excluding diaryl/α,β-unsaturated/α-hetero) is 1. The van der Waals surface area contributed by atoms with E-state index in [2.05, 4.69) is 41.6 Å². The Hall–Kier alpha value is -4.67. The van der Waals surface area contributed by atoms with Gasteiger partial charge in [-0.3, -0.25) is 4.79 Å². The average molecular weight is 690 g/mol. The number of hydrogen-bond donors (Lipinski definition) is 3. The zero-order valence-corrected chi connectivity index (χ0v) is 30.0. The zero-order chi connectivity index (χ0) is 35.6. The Kier molecular flexibility index (Phi) is 12.1. The van der Waals surface area contributed by atoms with Crippen molar-refractivity contribution in [3.8, 4) is 29.3 Å². The first kappa shape index (κ1) is 36.1. The third kappa shape index (κ3) is 9.77. The van der Waals surface area contributed by atoms with E-state index in [1.807, 2.05) is 42.5 Å². The summed E-state index contributed by atoms with van der Waals surface area (Å²) in [5, 5.41) is 25.6. The topological polar surface area (TPSA) is 97.2 Å². The molecule has 0 saturated heterocycles. The molecule has 1 fully saturated rings. The number of aromatic hydroxyl groups is 1. The number of aryl methyl sites for hydroxylation is 2. The van der Waals surface area contributed by atoms with Crippen molar-refractivity contribution in [3.05, 3.63) is 95.1 Å². The number of ether oxygens (including phenoxy) is 3. The molecule has 2 aliphatic heterocycles. The third-order valence-corrected chi connectivity index (χ3v) is 10.5. The predicted molar refractivity (Wildman–Crippen MR) is 202 cm³/mol. The molecule has 1 spiro atoms. The highest BCUT2D eigenvalue weighted by molar-refractivity contribution is 5.88. The lowest BCUT2D eigenvalue weighted by Gasteiger charge is -2.38. The lowest BCUT2D eigenvalue weighted by atomic mass is 9.74. The van der Waals surface area contributed by atoms with E-state index in [9.17, 15) is 15.0 Å². The number of aliphatic hydroxyl groups excluding tert-OH is 1. The highest BCUT2D eigenvalue weighted by Gasteiger charge is 2.38. The highest BCUT2D eigenvalue weighted by atomic mass is 16.5. The van der Waals surface area contributed by atoms with Crippen molar-refractivity contribution < 1.29 is 29.2 Å². The van der Waals surface area contributed by atoms with E-state index < -0.39 is 5.60 Å². The minimum atomic E-state index is -0.604. The largest absolute Gasteiger partial charge is 0.508 e. The third-order valence-electron chi connectivity index (χ3n) is 10.5. The van der Waals surface area contributed by atoms with Crippen molar-refractivity contribution >= 4 is 22.2 Å². The Balaban J connectivity index is 1.13. The molecule has 1 atom stereocenters. The first-order valence-corrected chi connectivity index (χ1v) is 18.5. The quantitative estimate of drug-likeness (QED) is 0.120. The number of phenolic OH excluding ortho intramolecular Hbond substituents is 1. The molecular formula is C44H51NO6. The molecule has 4 aromatic carbocycles. The summed E-state index contributed by atoms with van der Waals surface area (Å²) in [6, 6.07) is 24.1. The van der Waals surface area contributed by atoms with Crippen LogP contribution in [-0.4, -0.2) is 41.4 Å². The van der Waals surface area contributed by atoms with Gasteiger partial charge in [0, 0.05) is 37.1 Å². The van der Waals surface area contributed by atoms with Gasteiger partial charge in [0.05, 0.1) is 13.2 Å². The molecule has 4 aromatic rings. The molecule has 7 rings (SSSR count). The van der Waals surface area contributed by atoms with Crippen LogP contribution >= 0.6 is 0 Å². The Morgan fingerprint density at radius 2 is 1.84 bits per heavy atom. The number of ketones is 1. The maximum atomic E-state index is 13.5. The van der Waals surface area contributed by atoms with E-state index in [-0.39, 0.29) is 17.6 Å². The predicted octanol–water partition coefficient (Wildman–Crippen LogP) is 8.69. The fraction of sp³-hybridized carbons (Fsp3) is 0.432. The molecule has 51 heavy (non-hydrogen) atoms. The fourth-order valence-corrected chi connectivity index (χ4v) is 7.53. The fourth-order valence-electron chi connectivity index (χ4n) is 7.53. The maximum absolute atomic E-state index is 13.5. The summed E-state index contributed by atoms with van der Waals surface area (Å²) >= 11 is 0. The van der Waals surface area contributed by atoms with Gasteiger partial charge in [-0.05, 0) is 122 Å². The number of rotatable bonds is 9. The van der Waals surface area contributed by atoms with Crippen LogP contribution in [0.5, 0.6) is 17.2 Å². The van der Waals surface area contributed by atoms with Gasteiger partial charge in [-0.15, -0.1) is 0 Å². The number of fused-ring (bicyclic) bond motifs is 7. The van der Waals surface area contributed by atoms with Crippen LogP contribution in [0.2, 0.25) is 0 Å². The summed E-state index contributed by atoms with van der Waals surface area (Å²) in [6.07, 6.45) is 12.4. The van der Waals surface area contributed by atoms with Crippen molar-refractivity contribution in [2.24, 2.45) is 5.92 Å². The zero-order valence-electron chi connectivity index (χ0n) is 30.0. The second kappa shape index (κ2) is 17.0. The minimum Gasteiger partial charge on any atom is -0.508 e. The molecule has 1 unspecified atom stereocenters. The van der Waals surface area contributed by atoms with Crippen LogP contribution in [0.25, 0.3) is 10.8 Å². The van der Waals surface area contributed by atoms with Crippen molar-refractivity contribution in [2.75, 3.05) is 19.0 Å². The summed E-state index contributed by atoms with van der Waals surface area (Å²) in [5.74, 6) is 5.47. The SMILES string of the molecule is COc1ccc2cc1OCc1ccc3c(c(O)ccc3c1)CC#COC1(CCC(CCCCc3cccc(NCC(C)O)c3)CC1)CC(=O)CC2. The Morgan fingerprint density at radius 3 is 2.67 bits per heavy atom. The summed E-state index contributed by atoms with van der Waals surface area (Å²) in [5.41, 5.74) is 4.55. The van der Waals surface area contributed by atoms with Crippen molar-refractivity contribution in [3.63, 3.8) is 0 Å². The van der Waals surface area contributed by atoms with E-state index in [0.29, 0.717) is 56.3 Å². The Morgan fingerprint density at radius 1 is 1.00 bits per heavy atom. The molecule has 7 nitrogen and oxygen atoms in total. The van der Waals surface area contributed by atoms with Crippen LogP contribution in [-0.2, 0) is 35.4 Å². The van der Waals surface area contributed by atoms with Gasteiger partial charge in [-0.2, -0.15) is 0 Å². The van der Waals surface area contributed by atoms with Gasteiger partial charge in [0.2, 0.25) is 0 Å². The molecule has 1 saturated carbocycles. The van der Waals surface area contributed by atoms with Gasteiger partial charge in [0.25, 0.3) is 0 Å². The maximum Gasteiger partial charge on any atom is 0.161 e. The molecule has 3 aliphatic rings. The summed E-state index contributed by atoms with van der Waals surface area (Å²) in [4.78, 5) is 13.5. The second-order valence-corrected chi connectivity index (χ2v) is 14.5. The standard InChI is InChI=1S/C44H51NO6/c1-31(46)29-45-37-10-5-9-33(26-37)8-4-3-7-32-20-22-44(23-21-32)28-38(47)16-12-34-14-19-42(49-2)43(27-34)50-30-35-13-17-39-36(25-35)15-18-41(48)40(39)11-6-24-51-44/h5,9-10,13-15,17-19,25-27,31-32,45-46,48H,3-4,7-8,11-12,16,20-23,28-30H2,1-2H3. The van der Waals surface area contributed by atoms with Gasteiger partial charge in [-0.1, -0.05) is 55.2 Å². The normalized spacial score (nSPS) is 20.0. The van der Waals surface area contributed by atoms with Crippen molar-refractivity contribution in [2.45, 2.75) is 102 Å². The van der Waals surface area contributed by atoms with Gasteiger partial charge in [0.1, 0.15) is 29.8 Å². The number of nitrogens with one attached hydrogen (secondary N) is 1.